The predicted molar refractivity (Wildman–Crippen MR) is 78.4 cm³/mol. The topological polar surface area (TPSA) is 89.6 Å². The smallest absolute Gasteiger partial charge is 0.256 e. The summed E-state index contributed by atoms with van der Waals surface area (Å²) < 4.78 is 5.59. The highest BCUT2D eigenvalue weighted by Gasteiger charge is 2.13. The predicted octanol–water partition coefficient (Wildman–Crippen LogP) is 1.05. The van der Waals surface area contributed by atoms with Gasteiger partial charge < -0.3 is 15.4 Å². The number of ether oxygens (including phenoxy) is 1. The molecule has 8 nitrogen and oxygen atoms in total. The minimum Gasteiger partial charge on any atom is -0.368 e. The van der Waals surface area contributed by atoms with E-state index in [1.165, 1.54) is 12.2 Å². The molecule has 0 aliphatic carbocycles. The lowest BCUT2D eigenvalue weighted by Gasteiger charge is -2.22. The Morgan fingerprint density at radius 1 is 1.15 bits per heavy atom. The van der Waals surface area contributed by atoms with E-state index < -0.39 is 0 Å². The zero-order chi connectivity index (χ0) is 15.0. The van der Waals surface area contributed by atoms with Crippen LogP contribution >= 0.6 is 0 Å². The van der Waals surface area contributed by atoms with Crippen LogP contribution in [0.5, 0.6) is 0 Å². The van der Waals surface area contributed by atoms with Crippen LogP contribution in [0, 0.1) is 0 Å². The fourth-order valence-corrected chi connectivity index (χ4v) is 1.44. The van der Waals surface area contributed by atoms with E-state index in [9.17, 15) is 0 Å². The number of anilines is 3. The molecule has 0 bridgehead atoms. The van der Waals surface area contributed by atoms with Gasteiger partial charge >= 0.3 is 0 Å². The molecule has 0 amide bonds. The van der Waals surface area contributed by atoms with Crippen molar-refractivity contribution in [3.8, 4) is 0 Å². The van der Waals surface area contributed by atoms with Crippen LogP contribution in [-0.4, -0.2) is 49.0 Å². The molecule has 1 aromatic rings. The average molecular weight is 284 g/mol. The van der Waals surface area contributed by atoms with Gasteiger partial charge in [-0.15, -0.1) is 0 Å². The van der Waals surface area contributed by atoms with Gasteiger partial charge in [0.05, 0.1) is 7.11 Å². The van der Waals surface area contributed by atoms with Gasteiger partial charge in [-0.05, 0) is 13.3 Å². The van der Waals surface area contributed by atoms with Crippen molar-refractivity contribution in [3.63, 3.8) is 0 Å². The average Bonchev–Trinajstić information content (AvgIpc) is 2.45. The summed E-state index contributed by atoms with van der Waals surface area (Å²) >= 11 is 0. The minimum absolute atomic E-state index is 0.154. The number of nitrogen functional groups attached to an aromatic ring is 1. The second kappa shape index (κ2) is 8.49. The Balaban J connectivity index is 2.78. The summed E-state index contributed by atoms with van der Waals surface area (Å²) in [5.74, 6) is 0.998. The van der Waals surface area contributed by atoms with Crippen molar-refractivity contribution >= 4 is 17.8 Å². The maximum atomic E-state index is 5.71. The molecule has 2 N–H and O–H groups in total. The van der Waals surface area contributed by atoms with E-state index in [1.54, 1.807) is 7.05 Å². The van der Waals surface area contributed by atoms with Crippen molar-refractivity contribution in [2.45, 2.75) is 26.7 Å². The molecule has 0 aromatic carbocycles. The number of rotatable bonds is 9. The van der Waals surface area contributed by atoms with Crippen molar-refractivity contribution in [1.29, 1.82) is 0 Å². The van der Waals surface area contributed by atoms with Crippen LogP contribution in [0.3, 0.4) is 0 Å². The minimum atomic E-state index is 0.154. The van der Waals surface area contributed by atoms with E-state index >= 15 is 0 Å². The maximum absolute atomic E-state index is 5.71. The van der Waals surface area contributed by atoms with Crippen molar-refractivity contribution in [2.75, 3.05) is 49.7 Å². The molecule has 1 heterocycles. The quantitative estimate of drug-likeness (QED) is 0.409. The SMILES string of the molecule is CCCCOCN(CC)c1nc(N)nc(N(C)OC)n1. The molecule has 0 fully saturated rings. The summed E-state index contributed by atoms with van der Waals surface area (Å²) in [7, 11) is 3.23. The van der Waals surface area contributed by atoms with E-state index in [0.717, 1.165) is 19.4 Å². The van der Waals surface area contributed by atoms with Crippen molar-refractivity contribution in [3.05, 3.63) is 0 Å². The number of aromatic nitrogens is 3. The third kappa shape index (κ3) is 4.78. The van der Waals surface area contributed by atoms with Gasteiger partial charge in [0, 0.05) is 20.2 Å². The maximum Gasteiger partial charge on any atom is 0.256 e. The van der Waals surface area contributed by atoms with Crippen LogP contribution in [0.2, 0.25) is 0 Å². The number of nitrogens with two attached hydrogens (primary N) is 1. The second-order valence-electron chi connectivity index (χ2n) is 4.22. The van der Waals surface area contributed by atoms with Crippen LogP contribution in [0.15, 0.2) is 0 Å². The van der Waals surface area contributed by atoms with Gasteiger partial charge in [0.25, 0.3) is 5.95 Å². The summed E-state index contributed by atoms with van der Waals surface area (Å²) in [6, 6.07) is 0. The van der Waals surface area contributed by atoms with E-state index in [0.29, 0.717) is 25.2 Å². The molecule has 0 aliphatic rings. The van der Waals surface area contributed by atoms with Gasteiger partial charge in [-0.25, -0.2) is 5.06 Å². The van der Waals surface area contributed by atoms with Crippen LogP contribution in [0.4, 0.5) is 17.8 Å². The molecule has 0 unspecified atom stereocenters. The van der Waals surface area contributed by atoms with Crippen LogP contribution in [0.25, 0.3) is 0 Å². The summed E-state index contributed by atoms with van der Waals surface area (Å²) in [6.07, 6.45) is 2.14. The Kier molecular flexibility index (Phi) is 6.96. The number of hydrogen-bond acceptors (Lipinski definition) is 8. The number of nitrogens with zero attached hydrogens (tertiary/aromatic N) is 5. The number of hydrogen-bond donors (Lipinski definition) is 1. The van der Waals surface area contributed by atoms with Gasteiger partial charge in [-0.1, -0.05) is 13.3 Å². The Bertz CT molecular complexity index is 404. The van der Waals surface area contributed by atoms with Gasteiger partial charge in [-0.3, -0.25) is 4.84 Å². The van der Waals surface area contributed by atoms with Gasteiger partial charge in [0.2, 0.25) is 11.9 Å². The van der Waals surface area contributed by atoms with E-state index in [-0.39, 0.29) is 5.95 Å². The van der Waals surface area contributed by atoms with Crippen molar-refractivity contribution in [1.82, 2.24) is 15.0 Å². The molecule has 0 spiro atoms. The highest BCUT2D eigenvalue weighted by Crippen LogP contribution is 2.14. The van der Waals surface area contributed by atoms with E-state index in [2.05, 4.69) is 21.9 Å². The zero-order valence-electron chi connectivity index (χ0n) is 12.7. The molecule has 114 valence electrons. The standard InChI is InChI=1S/C12H24N6O2/c1-5-7-8-20-9-18(6-2)12-15-10(13)14-11(16-12)17(3)19-4/h5-9H2,1-4H3,(H2,13,14,15,16). The number of hydroxylamine groups is 1. The van der Waals surface area contributed by atoms with E-state index in [1.807, 2.05) is 11.8 Å². The monoisotopic (exact) mass is 284 g/mol. The Morgan fingerprint density at radius 3 is 2.45 bits per heavy atom. The first-order valence-electron chi connectivity index (χ1n) is 6.74. The molecule has 0 saturated heterocycles. The third-order valence-corrected chi connectivity index (χ3v) is 2.74. The highest BCUT2D eigenvalue weighted by molar-refractivity contribution is 5.41. The Labute approximate surface area is 119 Å². The van der Waals surface area contributed by atoms with Crippen LogP contribution in [-0.2, 0) is 9.57 Å². The fourth-order valence-electron chi connectivity index (χ4n) is 1.44. The zero-order valence-corrected chi connectivity index (χ0v) is 12.7. The molecule has 0 radical (unpaired) electrons. The molecule has 20 heavy (non-hydrogen) atoms. The van der Waals surface area contributed by atoms with Crippen LogP contribution < -0.4 is 15.7 Å². The first kappa shape index (κ1) is 16.4. The molecular formula is C12H24N6O2. The van der Waals surface area contributed by atoms with Gasteiger partial charge in [-0.2, -0.15) is 15.0 Å². The molecule has 1 rings (SSSR count). The highest BCUT2D eigenvalue weighted by atomic mass is 16.7. The molecule has 1 aromatic heterocycles. The summed E-state index contributed by atoms with van der Waals surface area (Å²) in [6.45, 7) is 5.99. The summed E-state index contributed by atoms with van der Waals surface area (Å²) in [5.41, 5.74) is 5.71. The first-order chi connectivity index (χ1) is 9.62. The fraction of sp³-hybridized carbons (Fsp3) is 0.750. The van der Waals surface area contributed by atoms with Crippen molar-refractivity contribution < 1.29 is 9.57 Å². The lowest BCUT2D eigenvalue weighted by Crippen LogP contribution is -2.29. The summed E-state index contributed by atoms with van der Waals surface area (Å²) in [4.78, 5) is 19.4. The van der Waals surface area contributed by atoms with Gasteiger partial charge in [0.1, 0.15) is 6.73 Å². The molecule has 0 atom stereocenters. The molecule has 8 heteroatoms. The Morgan fingerprint density at radius 2 is 1.85 bits per heavy atom. The molecule has 0 aliphatic heterocycles. The second-order valence-corrected chi connectivity index (χ2v) is 4.22. The normalized spacial score (nSPS) is 10.6. The largest absolute Gasteiger partial charge is 0.368 e. The molecular weight excluding hydrogens is 260 g/mol. The first-order valence-corrected chi connectivity index (χ1v) is 6.74. The summed E-state index contributed by atoms with van der Waals surface area (Å²) in [5, 5.41) is 1.42. The molecule has 0 saturated carbocycles. The third-order valence-electron chi connectivity index (χ3n) is 2.74. The van der Waals surface area contributed by atoms with Gasteiger partial charge in [0.15, 0.2) is 0 Å². The van der Waals surface area contributed by atoms with E-state index in [4.69, 9.17) is 15.3 Å². The lowest BCUT2D eigenvalue weighted by atomic mass is 10.4. The lowest BCUT2D eigenvalue weighted by molar-refractivity contribution is 0.131. The number of unbranched alkanes of at least 4 members (excludes halogenated alkanes) is 1. The van der Waals surface area contributed by atoms with Crippen LogP contribution in [0.1, 0.15) is 26.7 Å². The Hall–Kier alpha value is -1.67. The van der Waals surface area contributed by atoms with Crippen molar-refractivity contribution in [2.24, 2.45) is 0 Å².